The minimum atomic E-state index is 0.0987. The minimum Gasteiger partial charge on any atom is -0.352 e. The Morgan fingerprint density at radius 3 is 2.58 bits per heavy atom. The van der Waals surface area contributed by atoms with Crippen molar-refractivity contribution in [3.63, 3.8) is 0 Å². The van der Waals surface area contributed by atoms with Crippen LogP contribution in [0.3, 0.4) is 0 Å². The van der Waals surface area contributed by atoms with Crippen molar-refractivity contribution in [1.29, 1.82) is 0 Å². The molecule has 0 aliphatic rings. The van der Waals surface area contributed by atoms with Gasteiger partial charge in [0, 0.05) is 19.0 Å². The summed E-state index contributed by atoms with van der Waals surface area (Å²) in [5, 5.41) is 2.89. The Hall–Kier alpha value is -0.570. The molecule has 0 bridgehead atoms. The molecule has 0 aliphatic carbocycles. The molecule has 0 aromatic heterocycles. The van der Waals surface area contributed by atoms with Crippen LogP contribution in [-0.2, 0) is 4.79 Å². The second kappa shape index (κ2) is 7.10. The van der Waals surface area contributed by atoms with Gasteiger partial charge in [0.25, 0.3) is 0 Å². The fraction of sp³-hybridized carbons (Fsp3) is 0.889. The predicted octanol–water partition coefficient (Wildman–Crippen LogP) is 1.03. The van der Waals surface area contributed by atoms with Gasteiger partial charge < -0.3 is 11.1 Å². The Labute approximate surface area is 74.7 Å². The van der Waals surface area contributed by atoms with Gasteiger partial charge in [-0.15, -0.1) is 0 Å². The summed E-state index contributed by atoms with van der Waals surface area (Å²) < 4.78 is 0. The molecule has 0 saturated carbocycles. The third kappa shape index (κ3) is 5.13. The molecule has 0 rings (SSSR count). The summed E-state index contributed by atoms with van der Waals surface area (Å²) in [6.45, 7) is 4.53. The number of rotatable bonds is 6. The highest BCUT2D eigenvalue weighted by atomic mass is 16.1. The van der Waals surface area contributed by atoms with Crippen LogP contribution in [0.15, 0.2) is 0 Å². The number of carbonyl (C=O) groups is 1. The van der Waals surface area contributed by atoms with Gasteiger partial charge in [0.2, 0.25) is 5.91 Å². The van der Waals surface area contributed by atoms with Crippen molar-refractivity contribution in [2.24, 2.45) is 5.73 Å². The zero-order valence-corrected chi connectivity index (χ0v) is 8.10. The first kappa shape index (κ1) is 11.4. The second-order valence-corrected chi connectivity index (χ2v) is 3.00. The lowest BCUT2D eigenvalue weighted by molar-refractivity contribution is -0.121. The molecule has 0 aromatic rings. The number of nitrogens with two attached hydrogens (primary N) is 1. The number of hydrogen-bond donors (Lipinski definition) is 2. The molecule has 1 unspecified atom stereocenters. The molecule has 12 heavy (non-hydrogen) atoms. The summed E-state index contributed by atoms with van der Waals surface area (Å²) in [7, 11) is 0. The van der Waals surface area contributed by atoms with E-state index in [2.05, 4.69) is 12.2 Å². The standard InChI is InChI=1S/C9H20N2O/c1-3-5-6-8(7-10)11-9(12)4-2/h8H,3-7,10H2,1-2H3,(H,11,12). The molecule has 0 fully saturated rings. The maximum absolute atomic E-state index is 11.0. The van der Waals surface area contributed by atoms with Gasteiger partial charge in [-0.25, -0.2) is 0 Å². The fourth-order valence-corrected chi connectivity index (χ4v) is 1.03. The first-order chi connectivity index (χ1) is 5.74. The minimum absolute atomic E-state index is 0.0987. The molecule has 3 nitrogen and oxygen atoms in total. The number of nitrogens with one attached hydrogen (secondary N) is 1. The van der Waals surface area contributed by atoms with Crippen molar-refractivity contribution in [3.8, 4) is 0 Å². The van der Waals surface area contributed by atoms with E-state index >= 15 is 0 Å². The largest absolute Gasteiger partial charge is 0.352 e. The van der Waals surface area contributed by atoms with Crippen molar-refractivity contribution in [1.82, 2.24) is 5.32 Å². The normalized spacial score (nSPS) is 12.6. The summed E-state index contributed by atoms with van der Waals surface area (Å²) in [6, 6.07) is 0.178. The fourth-order valence-electron chi connectivity index (χ4n) is 1.03. The van der Waals surface area contributed by atoms with Crippen molar-refractivity contribution in [2.45, 2.75) is 45.6 Å². The first-order valence-corrected chi connectivity index (χ1v) is 4.74. The Bertz CT molecular complexity index is 126. The van der Waals surface area contributed by atoms with Gasteiger partial charge >= 0.3 is 0 Å². The maximum Gasteiger partial charge on any atom is 0.219 e. The molecule has 0 radical (unpaired) electrons. The molecule has 1 amide bonds. The molecule has 3 heteroatoms. The van der Waals surface area contributed by atoms with Gasteiger partial charge in [-0.1, -0.05) is 26.7 Å². The first-order valence-electron chi connectivity index (χ1n) is 4.74. The Morgan fingerprint density at radius 1 is 1.50 bits per heavy atom. The van der Waals surface area contributed by atoms with E-state index < -0.39 is 0 Å². The number of unbranched alkanes of at least 4 members (excludes halogenated alkanes) is 1. The smallest absolute Gasteiger partial charge is 0.219 e. The van der Waals surface area contributed by atoms with Gasteiger partial charge in [-0.2, -0.15) is 0 Å². The van der Waals surface area contributed by atoms with E-state index in [1.807, 2.05) is 6.92 Å². The molecular weight excluding hydrogens is 152 g/mol. The molecule has 0 aromatic carbocycles. The summed E-state index contributed by atoms with van der Waals surface area (Å²) >= 11 is 0. The molecule has 1 atom stereocenters. The highest BCUT2D eigenvalue weighted by molar-refractivity contribution is 5.75. The van der Waals surface area contributed by atoms with Crippen LogP contribution in [0.4, 0.5) is 0 Å². The summed E-state index contributed by atoms with van der Waals surface area (Å²) in [4.78, 5) is 11.0. The Balaban J connectivity index is 3.59. The van der Waals surface area contributed by atoms with Crippen molar-refractivity contribution in [2.75, 3.05) is 6.54 Å². The molecule has 0 spiro atoms. The van der Waals surface area contributed by atoms with E-state index in [0.29, 0.717) is 13.0 Å². The maximum atomic E-state index is 11.0. The highest BCUT2D eigenvalue weighted by Gasteiger charge is 2.07. The molecule has 0 aliphatic heterocycles. The second-order valence-electron chi connectivity index (χ2n) is 3.00. The molecular formula is C9H20N2O. The number of amides is 1. The zero-order valence-electron chi connectivity index (χ0n) is 8.10. The van der Waals surface area contributed by atoms with Crippen LogP contribution in [-0.4, -0.2) is 18.5 Å². The number of hydrogen-bond acceptors (Lipinski definition) is 2. The monoisotopic (exact) mass is 172 g/mol. The quantitative estimate of drug-likeness (QED) is 0.628. The lowest BCUT2D eigenvalue weighted by Crippen LogP contribution is -2.39. The van der Waals surface area contributed by atoms with Crippen molar-refractivity contribution >= 4 is 5.91 Å². The van der Waals surface area contributed by atoms with E-state index in [0.717, 1.165) is 19.3 Å². The van der Waals surface area contributed by atoms with Crippen LogP contribution >= 0.6 is 0 Å². The predicted molar refractivity (Wildman–Crippen MR) is 50.8 cm³/mol. The zero-order chi connectivity index (χ0) is 9.40. The van der Waals surface area contributed by atoms with Crippen LogP contribution in [0.5, 0.6) is 0 Å². The van der Waals surface area contributed by atoms with Crippen LogP contribution in [0.1, 0.15) is 39.5 Å². The molecule has 0 saturated heterocycles. The molecule has 72 valence electrons. The summed E-state index contributed by atoms with van der Waals surface area (Å²) in [5.74, 6) is 0.0987. The summed E-state index contributed by atoms with van der Waals surface area (Å²) in [6.07, 6.45) is 3.83. The Morgan fingerprint density at radius 2 is 2.17 bits per heavy atom. The van der Waals surface area contributed by atoms with Crippen LogP contribution < -0.4 is 11.1 Å². The average molecular weight is 172 g/mol. The Kier molecular flexibility index (Phi) is 6.76. The lowest BCUT2D eigenvalue weighted by Gasteiger charge is -2.15. The van der Waals surface area contributed by atoms with Gasteiger partial charge in [0.15, 0.2) is 0 Å². The highest BCUT2D eigenvalue weighted by Crippen LogP contribution is 1.99. The van der Waals surface area contributed by atoms with E-state index in [4.69, 9.17) is 5.73 Å². The molecule has 0 heterocycles. The van der Waals surface area contributed by atoms with Gasteiger partial charge in [-0.3, -0.25) is 4.79 Å². The van der Waals surface area contributed by atoms with Gasteiger partial charge in [0.1, 0.15) is 0 Å². The molecule has 3 N–H and O–H groups in total. The van der Waals surface area contributed by atoms with Crippen molar-refractivity contribution < 1.29 is 4.79 Å². The van der Waals surface area contributed by atoms with Gasteiger partial charge in [0.05, 0.1) is 0 Å². The average Bonchev–Trinajstić information content (AvgIpc) is 2.11. The summed E-state index contributed by atoms with van der Waals surface area (Å²) in [5.41, 5.74) is 5.50. The topological polar surface area (TPSA) is 55.1 Å². The number of carbonyl (C=O) groups excluding carboxylic acids is 1. The van der Waals surface area contributed by atoms with Crippen LogP contribution in [0.2, 0.25) is 0 Å². The van der Waals surface area contributed by atoms with Gasteiger partial charge in [-0.05, 0) is 6.42 Å². The van der Waals surface area contributed by atoms with Crippen LogP contribution in [0.25, 0.3) is 0 Å². The van der Waals surface area contributed by atoms with Crippen molar-refractivity contribution in [3.05, 3.63) is 0 Å². The van der Waals surface area contributed by atoms with E-state index in [1.54, 1.807) is 0 Å². The van der Waals surface area contributed by atoms with E-state index in [1.165, 1.54) is 0 Å². The third-order valence-corrected chi connectivity index (χ3v) is 1.88. The van der Waals surface area contributed by atoms with E-state index in [9.17, 15) is 4.79 Å². The van der Waals surface area contributed by atoms with Crippen LogP contribution in [0, 0.1) is 0 Å². The third-order valence-electron chi connectivity index (χ3n) is 1.88. The van der Waals surface area contributed by atoms with E-state index in [-0.39, 0.29) is 11.9 Å². The SMILES string of the molecule is CCCCC(CN)NC(=O)CC. The lowest BCUT2D eigenvalue weighted by atomic mass is 10.1.